The molecule has 1 saturated carbocycles. The number of rotatable bonds is 12. The smallest absolute Gasteiger partial charge is 0.353 e. The Morgan fingerprint density at radius 2 is 1.73 bits per heavy atom. The van der Waals surface area contributed by atoms with Crippen LogP contribution in [0.5, 0.6) is 0 Å². The standard InChI is InChI=1S/C30H45N3O5S2/c1-20(27(34)32-21(2)29(36)37-6)31-28(35)24-19-40-25(33-24)18-23-14-9-8-12-22(16-17-23)13-10-11-15-26(39-7)38-30(3,4)5/h19,22-23H,1-2,7-18H2,3-6H3,(H,31,35)(H,32,34). The zero-order valence-electron chi connectivity index (χ0n) is 24.4. The van der Waals surface area contributed by atoms with Crippen molar-refractivity contribution >= 4 is 51.0 Å². The third-order valence-corrected chi connectivity index (χ3v) is 8.25. The van der Waals surface area contributed by atoms with E-state index >= 15 is 0 Å². The summed E-state index contributed by atoms with van der Waals surface area (Å²) in [6.45, 7) is 13.2. The summed E-state index contributed by atoms with van der Waals surface area (Å²) in [4.78, 5) is 40.7. The number of carbonyl (C=O) groups is 3. The molecule has 1 aromatic rings. The van der Waals surface area contributed by atoms with Gasteiger partial charge in [0.05, 0.1) is 23.4 Å². The molecule has 2 unspecified atom stereocenters. The Bertz CT molecular complexity index is 1110. The van der Waals surface area contributed by atoms with Crippen LogP contribution in [0.1, 0.15) is 100 Å². The molecule has 0 radical (unpaired) electrons. The van der Waals surface area contributed by atoms with Crippen LogP contribution in [-0.2, 0) is 25.5 Å². The van der Waals surface area contributed by atoms with Crippen molar-refractivity contribution in [1.29, 1.82) is 0 Å². The molecule has 1 aliphatic rings. The lowest BCUT2D eigenvalue weighted by atomic mass is 9.82. The van der Waals surface area contributed by atoms with Gasteiger partial charge in [-0.1, -0.05) is 58.1 Å². The van der Waals surface area contributed by atoms with Crippen LogP contribution in [0.4, 0.5) is 0 Å². The number of ether oxygens (including phenoxy) is 2. The number of nitrogens with zero attached hydrogens (tertiary/aromatic N) is 1. The first-order valence-electron chi connectivity index (χ1n) is 13.9. The molecule has 1 heterocycles. The molecule has 1 aliphatic carbocycles. The summed E-state index contributed by atoms with van der Waals surface area (Å²) in [5.41, 5.74) is -0.385. The first kappa shape index (κ1) is 33.6. The van der Waals surface area contributed by atoms with Crippen LogP contribution in [0.2, 0.25) is 0 Å². The molecule has 2 rings (SSSR count). The van der Waals surface area contributed by atoms with E-state index in [0.29, 0.717) is 5.92 Å². The summed E-state index contributed by atoms with van der Waals surface area (Å²) < 4.78 is 10.5. The Kier molecular flexibility index (Phi) is 14.0. The van der Waals surface area contributed by atoms with Gasteiger partial charge in [0.1, 0.15) is 16.4 Å². The molecule has 2 N–H and O–H groups in total. The van der Waals surface area contributed by atoms with Gasteiger partial charge in [-0.05, 0) is 51.3 Å². The van der Waals surface area contributed by atoms with E-state index in [1.165, 1.54) is 80.8 Å². The van der Waals surface area contributed by atoms with Gasteiger partial charge < -0.3 is 20.1 Å². The number of esters is 1. The third-order valence-electron chi connectivity index (χ3n) is 6.76. The molecular formula is C30H45N3O5S2. The number of unbranched alkanes of at least 4 members (excludes halogenated alkanes) is 1. The molecule has 222 valence electrons. The minimum Gasteiger partial charge on any atom is -0.464 e. The number of amides is 2. The van der Waals surface area contributed by atoms with Gasteiger partial charge in [0, 0.05) is 18.2 Å². The quantitative estimate of drug-likeness (QED) is 0.134. The maximum Gasteiger partial charge on any atom is 0.353 e. The van der Waals surface area contributed by atoms with E-state index in [-0.39, 0.29) is 22.7 Å². The molecule has 0 saturated heterocycles. The van der Waals surface area contributed by atoms with E-state index in [9.17, 15) is 14.4 Å². The number of nitrogens with one attached hydrogen (secondary N) is 2. The summed E-state index contributed by atoms with van der Waals surface area (Å²) in [6.07, 6.45) is 12.8. The highest BCUT2D eigenvalue weighted by Gasteiger charge is 2.21. The molecule has 1 fully saturated rings. The molecule has 0 aromatic carbocycles. The molecule has 1 aromatic heterocycles. The number of thiazole rings is 1. The van der Waals surface area contributed by atoms with Crippen LogP contribution in [0.15, 0.2) is 29.9 Å². The molecular weight excluding hydrogens is 546 g/mol. The summed E-state index contributed by atoms with van der Waals surface area (Å²) in [5.74, 6) is 3.21. The van der Waals surface area contributed by atoms with Gasteiger partial charge in [-0.15, -0.1) is 22.3 Å². The lowest BCUT2D eigenvalue weighted by molar-refractivity contribution is -0.137. The van der Waals surface area contributed by atoms with Crippen molar-refractivity contribution in [3.63, 3.8) is 0 Å². The average Bonchev–Trinajstić information content (AvgIpc) is 3.36. The molecule has 10 heteroatoms. The monoisotopic (exact) mass is 591 g/mol. The summed E-state index contributed by atoms with van der Waals surface area (Å²) >= 11 is 1.46. The van der Waals surface area contributed by atoms with E-state index in [1.54, 1.807) is 5.38 Å². The van der Waals surface area contributed by atoms with Gasteiger partial charge in [-0.3, -0.25) is 9.59 Å². The summed E-state index contributed by atoms with van der Waals surface area (Å²) in [7, 11) is 2.65. The predicted octanol–water partition coefficient (Wildman–Crippen LogP) is 5.99. The highest BCUT2D eigenvalue weighted by Crippen LogP contribution is 2.32. The zero-order valence-corrected chi connectivity index (χ0v) is 26.1. The van der Waals surface area contributed by atoms with Gasteiger partial charge in [-0.2, -0.15) is 0 Å². The Morgan fingerprint density at radius 1 is 1.05 bits per heavy atom. The first-order chi connectivity index (χ1) is 18.9. The van der Waals surface area contributed by atoms with Crippen LogP contribution in [-0.4, -0.2) is 46.4 Å². The molecule has 40 heavy (non-hydrogen) atoms. The van der Waals surface area contributed by atoms with Crippen molar-refractivity contribution in [2.24, 2.45) is 11.8 Å². The van der Waals surface area contributed by atoms with Gasteiger partial charge in [0.2, 0.25) is 0 Å². The van der Waals surface area contributed by atoms with E-state index in [1.807, 2.05) is 0 Å². The fraction of sp³-hybridized carbons (Fsp3) is 0.600. The number of aromatic nitrogens is 1. The second-order valence-electron chi connectivity index (χ2n) is 11.3. The second kappa shape index (κ2) is 16.6. The minimum atomic E-state index is -0.778. The van der Waals surface area contributed by atoms with E-state index in [0.717, 1.165) is 35.2 Å². The molecule has 2 atom stereocenters. The van der Waals surface area contributed by atoms with E-state index in [2.05, 4.69) is 60.2 Å². The maximum atomic E-state index is 12.6. The van der Waals surface area contributed by atoms with E-state index in [4.69, 9.17) is 4.74 Å². The van der Waals surface area contributed by atoms with Crippen LogP contribution >= 0.6 is 22.3 Å². The van der Waals surface area contributed by atoms with Gasteiger partial charge in [0.15, 0.2) is 0 Å². The summed E-state index contributed by atoms with van der Waals surface area (Å²) in [6, 6.07) is 0. The van der Waals surface area contributed by atoms with Crippen molar-refractivity contribution in [2.75, 3.05) is 7.11 Å². The number of hydrogen-bond donors (Lipinski definition) is 2. The molecule has 0 aliphatic heterocycles. The first-order valence-corrected chi connectivity index (χ1v) is 15.8. The van der Waals surface area contributed by atoms with Gasteiger partial charge in [-0.25, -0.2) is 9.78 Å². The van der Waals surface area contributed by atoms with Gasteiger partial charge >= 0.3 is 5.97 Å². The lowest BCUT2D eigenvalue weighted by Gasteiger charge is -2.25. The van der Waals surface area contributed by atoms with Crippen LogP contribution < -0.4 is 10.6 Å². The van der Waals surface area contributed by atoms with Crippen LogP contribution in [0, 0.1) is 11.8 Å². The highest BCUT2D eigenvalue weighted by atomic mass is 32.1. The SMILES string of the molecule is C=S=C(CCCCC1CCCCC(Cc2nc(C(=O)NC(=C)C(=O)NC(=C)C(=O)OC)cs2)CC1)OC(C)(C)C. The second-order valence-corrected chi connectivity index (χ2v) is 12.9. The molecule has 8 nitrogen and oxygen atoms in total. The number of hydrogen-bond acceptors (Lipinski definition) is 7. The Morgan fingerprint density at radius 3 is 2.38 bits per heavy atom. The van der Waals surface area contributed by atoms with Crippen molar-refractivity contribution in [1.82, 2.24) is 15.6 Å². The van der Waals surface area contributed by atoms with Gasteiger partial charge in [0.25, 0.3) is 11.8 Å². The van der Waals surface area contributed by atoms with Crippen LogP contribution in [0.25, 0.3) is 0 Å². The minimum absolute atomic E-state index is 0.176. The molecule has 2 amide bonds. The van der Waals surface area contributed by atoms with Crippen molar-refractivity contribution in [3.8, 4) is 0 Å². The average molecular weight is 592 g/mol. The van der Waals surface area contributed by atoms with Crippen molar-refractivity contribution in [3.05, 3.63) is 40.6 Å². The lowest BCUT2D eigenvalue weighted by Crippen LogP contribution is -2.35. The summed E-state index contributed by atoms with van der Waals surface area (Å²) in [5, 5.41) is 8.33. The van der Waals surface area contributed by atoms with Crippen molar-refractivity contribution < 1.29 is 23.9 Å². The molecule has 0 bridgehead atoms. The maximum absolute atomic E-state index is 12.6. The van der Waals surface area contributed by atoms with Crippen LogP contribution in [0.3, 0.4) is 0 Å². The normalized spacial score (nSPS) is 17.6. The zero-order chi connectivity index (χ0) is 29.7. The predicted molar refractivity (Wildman–Crippen MR) is 165 cm³/mol. The Hall–Kier alpha value is -2.56. The molecule has 0 spiro atoms. The fourth-order valence-electron chi connectivity index (χ4n) is 4.72. The third kappa shape index (κ3) is 12.3. The number of carbonyl (C=O) groups excluding carboxylic acids is 3. The Labute approximate surface area is 246 Å². The topological polar surface area (TPSA) is 107 Å². The number of methoxy groups -OCH3 is 1. The highest BCUT2D eigenvalue weighted by molar-refractivity contribution is 7.95. The van der Waals surface area contributed by atoms with E-state index < -0.39 is 17.8 Å². The van der Waals surface area contributed by atoms with Crippen molar-refractivity contribution in [2.45, 2.75) is 97.0 Å². The Balaban J connectivity index is 1.79. The largest absolute Gasteiger partial charge is 0.464 e. The fourth-order valence-corrected chi connectivity index (χ4v) is 6.20.